The first-order valence-corrected chi connectivity index (χ1v) is 4.57. The first-order valence-electron chi connectivity index (χ1n) is 4.57. The molecule has 1 aromatic rings. The van der Waals surface area contributed by atoms with E-state index in [1.165, 1.54) is 0 Å². The fraction of sp³-hybridized carbons (Fsp3) is 0.250. The number of rotatable bonds is 4. The summed E-state index contributed by atoms with van der Waals surface area (Å²) in [5, 5.41) is 35.2. The van der Waals surface area contributed by atoms with Gasteiger partial charge < -0.3 is 25.8 Å². The first-order chi connectivity index (χ1) is 7.00. The topological polar surface area (TPSA) is 107 Å². The average Bonchev–Trinajstić information content (AvgIpc) is 2.18. The second kappa shape index (κ2) is 5.29. The van der Waals surface area contributed by atoms with Gasteiger partial charge in [-0.3, -0.25) is 0 Å². The van der Waals surface area contributed by atoms with E-state index >= 15 is 0 Å². The monoisotopic (exact) mass is 209 g/mol. The van der Waals surface area contributed by atoms with Gasteiger partial charge in [0.15, 0.2) is 0 Å². The zero-order valence-electron chi connectivity index (χ0n) is 8.11. The summed E-state index contributed by atoms with van der Waals surface area (Å²) in [7, 11) is -3.04. The third-order valence-corrected chi connectivity index (χ3v) is 2.13. The van der Waals surface area contributed by atoms with Crippen LogP contribution in [-0.2, 0) is 6.42 Å². The van der Waals surface area contributed by atoms with Gasteiger partial charge in [-0.15, -0.1) is 0 Å². The zero-order chi connectivity index (χ0) is 11.4. The van der Waals surface area contributed by atoms with E-state index in [9.17, 15) is 0 Å². The first kappa shape index (κ1) is 12.2. The molecule has 0 spiro atoms. The van der Waals surface area contributed by atoms with Crippen molar-refractivity contribution in [3.8, 4) is 0 Å². The molecule has 0 bridgehead atoms. The largest absolute Gasteiger partial charge is 0.488 e. The lowest BCUT2D eigenvalue weighted by atomic mass is 9.75. The van der Waals surface area contributed by atoms with Crippen LogP contribution in [0.5, 0.6) is 0 Å². The maximum atomic E-state index is 8.84. The maximum Gasteiger partial charge on any atom is 0.488 e. The molecule has 1 atom stereocenters. The normalized spacial score (nSPS) is 12.3. The summed E-state index contributed by atoms with van der Waals surface area (Å²) in [6.45, 7) is 0. The molecule has 0 saturated heterocycles. The molecule has 0 unspecified atom stereocenters. The van der Waals surface area contributed by atoms with Crippen LogP contribution in [0.4, 0.5) is 0 Å². The minimum atomic E-state index is -1.55. The zero-order valence-corrected chi connectivity index (χ0v) is 8.11. The van der Waals surface area contributed by atoms with Crippen molar-refractivity contribution in [1.29, 1.82) is 0 Å². The molecule has 80 valence electrons. The lowest BCUT2D eigenvalue weighted by Gasteiger charge is -2.10. The molecule has 0 aliphatic carbocycles. The molecule has 0 saturated carbocycles. The van der Waals surface area contributed by atoms with Crippen LogP contribution < -0.4 is 11.2 Å². The molecule has 0 radical (unpaired) electrons. The van der Waals surface area contributed by atoms with Crippen LogP contribution in [0, 0.1) is 0 Å². The Morgan fingerprint density at radius 2 is 1.60 bits per heavy atom. The Labute approximate surface area is 88.5 Å². The van der Waals surface area contributed by atoms with Crippen molar-refractivity contribution in [3.63, 3.8) is 0 Å². The lowest BCUT2D eigenvalue weighted by molar-refractivity contribution is 0.386. The molecule has 0 amide bonds. The number of hydrogen-bond acceptors (Lipinski definition) is 5. The molecule has 15 heavy (non-hydrogen) atoms. The Kier molecular flexibility index (Phi) is 4.31. The van der Waals surface area contributed by atoms with Gasteiger partial charge in [0, 0.05) is 5.94 Å². The summed E-state index contributed by atoms with van der Waals surface area (Å²) in [6, 6.07) is 6.43. The number of nitrogens with two attached hydrogens (primary N) is 1. The van der Waals surface area contributed by atoms with Gasteiger partial charge in [0.1, 0.15) is 0 Å². The number of hydrogen-bond donors (Lipinski definition) is 5. The molecule has 1 rings (SSSR count). The van der Waals surface area contributed by atoms with Crippen LogP contribution >= 0.6 is 0 Å². The van der Waals surface area contributed by atoms with Gasteiger partial charge in [-0.05, 0) is 17.4 Å². The highest BCUT2D eigenvalue weighted by atomic mass is 16.4. The molecule has 7 heteroatoms. The predicted molar refractivity (Wildman–Crippen MR) is 58.1 cm³/mol. The molecule has 0 aromatic heterocycles. The van der Waals surface area contributed by atoms with Gasteiger partial charge in [-0.25, -0.2) is 0 Å². The second-order valence-corrected chi connectivity index (χ2v) is 3.40. The average molecular weight is 209 g/mol. The SMILES string of the molecule is N[C@@H](Cc1ccc(B(O)O)cc1)B(O)O. The maximum absolute atomic E-state index is 8.84. The minimum absolute atomic E-state index is 0.319. The van der Waals surface area contributed by atoms with E-state index in [0.29, 0.717) is 11.9 Å². The van der Waals surface area contributed by atoms with Crippen LogP contribution in [0.15, 0.2) is 24.3 Å². The highest BCUT2D eigenvalue weighted by Crippen LogP contribution is 2.01. The molecular formula is C8H13B2NO4. The molecule has 1 aromatic carbocycles. The molecular weight excluding hydrogens is 196 g/mol. The molecule has 0 heterocycles. The van der Waals surface area contributed by atoms with Crippen LogP contribution in [0.3, 0.4) is 0 Å². The van der Waals surface area contributed by atoms with Crippen molar-refractivity contribution in [3.05, 3.63) is 29.8 Å². The van der Waals surface area contributed by atoms with Gasteiger partial charge in [0.05, 0.1) is 0 Å². The fourth-order valence-corrected chi connectivity index (χ4v) is 1.20. The molecule has 0 fully saturated rings. The summed E-state index contributed by atoms with van der Waals surface area (Å²) in [5.41, 5.74) is 6.64. The van der Waals surface area contributed by atoms with E-state index in [4.69, 9.17) is 25.8 Å². The minimum Gasteiger partial charge on any atom is -0.426 e. The van der Waals surface area contributed by atoms with E-state index < -0.39 is 20.2 Å². The van der Waals surface area contributed by atoms with E-state index in [0.717, 1.165) is 5.56 Å². The van der Waals surface area contributed by atoms with Crippen molar-refractivity contribution in [2.24, 2.45) is 5.73 Å². The van der Waals surface area contributed by atoms with Crippen molar-refractivity contribution < 1.29 is 20.1 Å². The fourth-order valence-electron chi connectivity index (χ4n) is 1.20. The van der Waals surface area contributed by atoms with Crippen LogP contribution in [-0.4, -0.2) is 40.3 Å². The lowest BCUT2D eigenvalue weighted by Crippen LogP contribution is -2.40. The Hall–Kier alpha value is -0.850. The van der Waals surface area contributed by atoms with Gasteiger partial charge in [0.25, 0.3) is 0 Å². The standard InChI is InChI=1S/C8H13B2NO4/c11-8(10(14)15)5-6-1-3-7(4-2-6)9(12)13/h1-4,8,12-15H,5,11H2/t8-/m0/s1. The van der Waals surface area contributed by atoms with Crippen molar-refractivity contribution in [2.45, 2.75) is 12.4 Å². The Morgan fingerprint density at radius 3 is 2.00 bits per heavy atom. The smallest absolute Gasteiger partial charge is 0.426 e. The third-order valence-electron chi connectivity index (χ3n) is 2.13. The summed E-state index contributed by atoms with van der Waals surface area (Å²) in [4.78, 5) is 0. The molecule has 0 aliphatic heterocycles. The van der Waals surface area contributed by atoms with Gasteiger partial charge in [-0.2, -0.15) is 0 Å². The summed E-state index contributed by atoms with van der Waals surface area (Å²) < 4.78 is 0. The van der Waals surface area contributed by atoms with Crippen molar-refractivity contribution in [2.75, 3.05) is 0 Å². The Morgan fingerprint density at radius 1 is 1.07 bits per heavy atom. The van der Waals surface area contributed by atoms with Crippen molar-refractivity contribution >= 4 is 19.7 Å². The summed E-state index contributed by atoms with van der Waals surface area (Å²) >= 11 is 0. The summed E-state index contributed by atoms with van der Waals surface area (Å²) in [5.74, 6) is -0.741. The van der Waals surface area contributed by atoms with Crippen LogP contribution in [0.2, 0.25) is 0 Å². The van der Waals surface area contributed by atoms with E-state index in [-0.39, 0.29) is 0 Å². The third kappa shape index (κ3) is 3.65. The van der Waals surface area contributed by atoms with Gasteiger partial charge in [0.2, 0.25) is 0 Å². The van der Waals surface area contributed by atoms with Crippen LogP contribution in [0.1, 0.15) is 5.56 Å². The van der Waals surface area contributed by atoms with E-state index in [1.54, 1.807) is 24.3 Å². The highest BCUT2D eigenvalue weighted by Gasteiger charge is 2.19. The number of benzene rings is 1. The highest BCUT2D eigenvalue weighted by molar-refractivity contribution is 6.58. The quantitative estimate of drug-likeness (QED) is 0.345. The predicted octanol–water partition coefficient (Wildman–Crippen LogP) is -2.75. The van der Waals surface area contributed by atoms with Gasteiger partial charge in [-0.1, -0.05) is 24.3 Å². The van der Waals surface area contributed by atoms with E-state index in [1.807, 2.05) is 0 Å². The second-order valence-electron chi connectivity index (χ2n) is 3.40. The van der Waals surface area contributed by atoms with Crippen LogP contribution in [0.25, 0.3) is 0 Å². The van der Waals surface area contributed by atoms with Gasteiger partial charge >= 0.3 is 14.2 Å². The molecule has 0 aliphatic rings. The Bertz CT molecular complexity index is 304. The van der Waals surface area contributed by atoms with E-state index in [2.05, 4.69) is 0 Å². The summed E-state index contributed by atoms with van der Waals surface area (Å²) in [6.07, 6.45) is 0.319. The molecule has 5 nitrogen and oxygen atoms in total. The van der Waals surface area contributed by atoms with Crippen molar-refractivity contribution in [1.82, 2.24) is 0 Å². The Balaban J connectivity index is 2.64. The molecule has 6 N–H and O–H groups in total.